The van der Waals surface area contributed by atoms with E-state index in [9.17, 15) is 0 Å². The molecule has 2 fully saturated rings. The zero-order valence-corrected chi connectivity index (χ0v) is 14.5. The third-order valence-electron chi connectivity index (χ3n) is 5.74. The van der Waals surface area contributed by atoms with Crippen molar-refractivity contribution in [3.05, 3.63) is 41.5 Å². The number of aryl methyl sites for hydroxylation is 2. The lowest BCUT2D eigenvalue weighted by Crippen LogP contribution is -2.50. The number of hydrogen-bond donors (Lipinski definition) is 0. The number of ether oxygens (including phenoxy) is 1. The van der Waals surface area contributed by atoms with Gasteiger partial charge in [-0.25, -0.2) is 0 Å². The van der Waals surface area contributed by atoms with E-state index in [0.29, 0.717) is 11.5 Å². The third-order valence-corrected chi connectivity index (χ3v) is 5.74. The maximum absolute atomic E-state index is 6.02. The number of rotatable bonds is 4. The average molecular weight is 327 g/mol. The summed E-state index contributed by atoms with van der Waals surface area (Å²) in [4.78, 5) is 6.65. The van der Waals surface area contributed by atoms with Crippen LogP contribution in [0.25, 0.3) is 0 Å². The van der Waals surface area contributed by atoms with Gasteiger partial charge >= 0.3 is 0 Å². The van der Waals surface area contributed by atoms with Crippen LogP contribution in [0.2, 0.25) is 0 Å². The normalized spacial score (nSPS) is 20.9. The molecule has 24 heavy (non-hydrogen) atoms. The third kappa shape index (κ3) is 3.05. The number of nitrogens with zero attached hydrogens (tertiary/aromatic N) is 3. The highest BCUT2D eigenvalue weighted by Crippen LogP contribution is 2.50. The van der Waals surface area contributed by atoms with Crippen molar-refractivity contribution < 1.29 is 9.26 Å². The van der Waals surface area contributed by atoms with Crippen molar-refractivity contribution in [3.63, 3.8) is 0 Å². The molecule has 0 amide bonds. The minimum Gasteiger partial charge on any atom is -0.489 e. The molecule has 3 heterocycles. The Kier molecular flexibility index (Phi) is 4.04. The molecular weight excluding hydrogens is 302 g/mol. The molecule has 2 aromatic rings. The highest BCUT2D eigenvalue weighted by Gasteiger charge is 2.47. The molecule has 5 heteroatoms. The van der Waals surface area contributed by atoms with Gasteiger partial charge in [-0.2, -0.15) is 0 Å². The molecule has 4 rings (SSSR count). The Morgan fingerprint density at radius 1 is 1.29 bits per heavy atom. The quantitative estimate of drug-likeness (QED) is 0.860. The molecule has 5 nitrogen and oxygen atoms in total. The summed E-state index contributed by atoms with van der Waals surface area (Å²) in [5.74, 6) is 1.86. The van der Waals surface area contributed by atoms with Crippen molar-refractivity contribution in [3.8, 4) is 5.75 Å². The number of pyridine rings is 1. The summed E-state index contributed by atoms with van der Waals surface area (Å²) in [6.45, 7) is 7.32. The molecule has 128 valence electrons. The fourth-order valence-electron chi connectivity index (χ4n) is 4.14. The Bertz CT molecular complexity index is 662. The number of aromatic nitrogens is 2. The van der Waals surface area contributed by atoms with Crippen molar-refractivity contribution >= 4 is 0 Å². The molecule has 0 atom stereocenters. The lowest BCUT2D eigenvalue weighted by atomic mass is 9.61. The van der Waals surface area contributed by atoms with E-state index in [4.69, 9.17) is 9.26 Å². The second kappa shape index (κ2) is 6.20. The molecule has 1 spiro atoms. The Morgan fingerprint density at radius 2 is 2.08 bits per heavy atom. The highest BCUT2D eigenvalue weighted by atomic mass is 16.5. The number of piperidine rings is 1. The molecule has 0 unspecified atom stereocenters. The lowest BCUT2D eigenvalue weighted by molar-refractivity contribution is -0.0566. The van der Waals surface area contributed by atoms with Crippen molar-refractivity contribution in [1.82, 2.24) is 15.0 Å². The Hall–Kier alpha value is -1.88. The summed E-state index contributed by atoms with van der Waals surface area (Å²) in [5, 5.41) is 4.06. The van der Waals surface area contributed by atoms with Crippen LogP contribution in [0.4, 0.5) is 0 Å². The number of hydrogen-bond acceptors (Lipinski definition) is 5. The first-order valence-electron chi connectivity index (χ1n) is 8.84. The monoisotopic (exact) mass is 327 g/mol. The van der Waals surface area contributed by atoms with E-state index in [2.05, 4.69) is 15.0 Å². The van der Waals surface area contributed by atoms with Crippen molar-refractivity contribution in [2.75, 3.05) is 13.1 Å². The van der Waals surface area contributed by atoms with Crippen LogP contribution in [0.1, 0.15) is 42.7 Å². The Balaban J connectivity index is 1.27. The molecular formula is C19H25N3O2. The van der Waals surface area contributed by atoms with Crippen LogP contribution in [0.15, 0.2) is 29.0 Å². The van der Waals surface area contributed by atoms with Gasteiger partial charge in [0.2, 0.25) is 0 Å². The minimum atomic E-state index is 0.364. The van der Waals surface area contributed by atoms with Gasteiger partial charge in [-0.1, -0.05) is 5.16 Å². The van der Waals surface area contributed by atoms with E-state index in [1.165, 1.54) is 31.2 Å². The highest BCUT2D eigenvalue weighted by molar-refractivity contribution is 5.21. The Morgan fingerprint density at radius 3 is 2.71 bits per heavy atom. The molecule has 1 aliphatic carbocycles. The summed E-state index contributed by atoms with van der Waals surface area (Å²) < 4.78 is 11.3. The van der Waals surface area contributed by atoms with Crippen LogP contribution in [0.5, 0.6) is 5.75 Å². The van der Waals surface area contributed by atoms with Crippen LogP contribution in [0.3, 0.4) is 0 Å². The molecule has 1 aliphatic heterocycles. The molecule has 0 aromatic carbocycles. The van der Waals surface area contributed by atoms with E-state index in [-0.39, 0.29) is 0 Å². The van der Waals surface area contributed by atoms with Gasteiger partial charge in [-0.3, -0.25) is 9.88 Å². The summed E-state index contributed by atoms with van der Waals surface area (Å²) in [5.41, 5.74) is 2.79. The van der Waals surface area contributed by atoms with Gasteiger partial charge in [0, 0.05) is 18.3 Å². The van der Waals surface area contributed by atoms with Gasteiger partial charge in [0.05, 0.1) is 18.0 Å². The van der Waals surface area contributed by atoms with Gasteiger partial charge in [-0.05, 0) is 70.2 Å². The molecule has 2 aliphatic rings. The zero-order valence-electron chi connectivity index (χ0n) is 14.5. The van der Waals surface area contributed by atoms with Crippen molar-refractivity contribution in [2.24, 2.45) is 5.41 Å². The first-order valence-corrected chi connectivity index (χ1v) is 8.84. The maximum Gasteiger partial charge on any atom is 0.138 e. The van der Waals surface area contributed by atoms with Gasteiger partial charge < -0.3 is 9.26 Å². The second-order valence-electron chi connectivity index (χ2n) is 7.42. The van der Waals surface area contributed by atoms with Crippen molar-refractivity contribution in [2.45, 2.75) is 52.2 Å². The van der Waals surface area contributed by atoms with E-state index in [0.717, 1.165) is 36.8 Å². The van der Waals surface area contributed by atoms with Crippen LogP contribution >= 0.6 is 0 Å². The molecule has 0 bridgehead atoms. The zero-order chi connectivity index (χ0) is 16.6. The summed E-state index contributed by atoms with van der Waals surface area (Å²) in [6, 6.07) is 3.92. The van der Waals surface area contributed by atoms with E-state index < -0.39 is 0 Å². The lowest BCUT2D eigenvalue weighted by Gasteiger charge is -2.51. The van der Waals surface area contributed by atoms with Crippen LogP contribution in [-0.4, -0.2) is 34.2 Å². The molecule has 0 N–H and O–H groups in total. The maximum atomic E-state index is 6.02. The standard InChI is InChI=1S/C19H25N3O2/c1-14-18(15(2)24-21-14)13-22-8-5-19(6-9-22)10-17(11-19)23-16-4-3-7-20-12-16/h3-4,7,12,17H,5-6,8-11,13H2,1-2H3. The van der Waals surface area contributed by atoms with Crippen molar-refractivity contribution in [1.29, 1.82) is 0 Å². The topological polar surface area (TPSA) is 51.4 Å². The molecule has 1 saturated carbocycles. The average Bonchev–Trinajstić information content (AvgIpc) is 2.88. The van der Waals surface area contributed by atoms with Gasteiger partial charge in [0.1, 0.15) is 11.5 Å². The molecule has 0 radical (unpaired) electrons. The van der Waals surface area contributed by atoms with E-state index in [1.807, 2.05) is 26.0 Å². The SMILES string of the molecule is Cc1noc(C)c1CN1CCC2(CC1)CC(Oc1cccnc1)C2. The summed E-state index contributed by atoms with van der Waals surface area (Å²) in [6.07, 6.45) is 8.85. The van der Waals surface area contributed by atoms with Gasteiger partial charge in [0.25, 0.3) is 0 Å². The first kappa shape index (κ1) is 15.6. The van der Waals surface area contributed by atoms with Gasteiger partial charge in [0.15, 0.2) is 0 Å². The molecule has 1 saturated heterocycles. The largest absolute Gasteiger partial charge is 0.489 e. The smallest absolute Gasteiger partial charge is 0.138 e. The Labute approximate surface area is 143 Å². The predicted molar refractivity (Wildman–Crippen MR) is 90.8 cm³/mol. The van der Waals surface area contributed by atoms with Crippen LogP contribution in [0, 0.1) is 19.3 Å². The second-order valence-corrected chi connectivity index (χ2v) is 7.42. The molecule has 2 aromatic heterocycles. The number of likely N-dealkylation sites (tertiary alicyclic amines) is 1. The summed E-state index contributed by atoms with van der Waals surface area (Å²) >= 11 is 0. The van der Waals surface area contributed by atoms with Crippen LogP contribution in [-0.2, 0) is 6.54 Å². The van der Waals surface area contributed by atoms with Gasteiger partial charge in [-0.15, -0.1) is 0 Å². The van der Waals surface area contributed by atoms with E-state index >= 15 is 0 Å². The van der Waals surface area contributed by atoms with Crippen LogP contribution < -0.4 is 4.74 Å². The fourth-order valence-corrected chi connectivity index (χ4v) is 4.14. The summed E-state index contributed by atoms with van der Waals surface area (Å²) in [7, 11) is 0. The first-order chi connectivity index (χ1) is 11.6. The van der Waals surface area contributed by atoms with E-state index in [1.54, 1.807) is 12.4 Å². The predicted octanol–water partition coefficient (Wildman–Crippen LogP) is 3.51. The fraction of sp³-hybridized carbons (Fsp3) is 0.579. The minimum absolute atomic E-state index is 0.364.